The van der Waals surface area contributed by atoms with Gasteiger partial charge < -0.3 is 9.64 Å². The van der Waals surface area contributed by atoms with E-state index in [0.29, 0.717) is 38.1 Å². The predicted molar refractivity (Wildman–Crippen MR) is 133 cm³/mol. The fourth-order valence-corrected chi connectivity index (χ4v) is 4.91. The van der Waals surface area contributed by atoms with E-state index in [1.54, 1.807) is 4.90 Å². The number of nitrogens with zero attached hydrogens (tertiary/aromatic N) is 2. The number of likely N-dealkylation sites (tertiary alicyclic amines) is 1. The van der Waals surface area contributed by atoms with Crippen LogP contribution in [0.4, 0.5) is 26.3 Å². The third-order valence-corrected chi connectivity index (χ3v) is 6.67. The Balaban J connectivity index is 1.57. The quantitative estimate of drug-likeness (QED) is 0.211. The van der Waals surface area contributed by atoms with Crippen LogP contribution in [-0.4, -0.2) is 35.5 Å². The molecule has 39 heavy (non-hydrogen) atoms. The molecule has 0 aliphatic carbocycles. The van der Waals surface area contributed by atoms with E-state index in [0.717, 1.165) is 17.5 Å². The highest BCUT2D eigenvalue weighted by Gasteiger charge is 2.38. The van der Waals surface area contributed by atoms with E-state index in [-0.39, 0.29) is 24.3 Å². The minimum absolute atomic E-state index is 0.110. The molecule has 0 aromatic heterocycles. The Kier molecular flexibility index (Phi) is 8.97. The average Bonchev–Trinajstić information content (AvgIpc) is 2.91. The predicted octanol–water partition coefficient (Wildman–Crippen LogP) is 7.06. The number of benzene rings is 3. The van der Waals surface area contributed by atoms with Gasteiger partial charge in [-0.3, -0.25) is 9.69 Å². The smallest absolute Gasteiger partial charge is 0.372 e. The summed E-state index contributed by atoms with van der Waals surface area (Å²) in [5.41, 5.74) is -1.12. The molecule has 0 unspecified atom stereocenters. The summed E-state index contributed by atoms with van der Waals surface area (Å²) in [6, 6.07) is 20.0. The molecule has 0 bridgehead atoms. The van der Waals surface area contributed by atoms with Crippen molar-refractivity contribution in [1.29, 1.82) is 0 Å². The Morgan fingerprint density at radius 1 is 0.846 bits per heavy atom. The van der Waals surface area contributed by atoms with Gasteiger partial charge >= 0.3 is 12.4 Å². The fourth-order valence-electron chi connectivity index (χ4n) is 4.91. The first kappa shape index (κ1) is 28.6. The largest absolute Gasteiger partial charge is 0.416 e. The molecule has 2 atom stereocenters. The van der Waals surface area contributed by atoms with Crippen molar-refractivity contribution in [2.45, 2.75) is 50.5 Å². The zero-order valence-corrected chi connectivity index (χ0v) is 21.0. The van der Waals surface area contributed by atoms with E-state index < -0.39 is 36.2 Å². The highest BCUT2D eigenvalue weighted by molar-refractivity contribution is 5.47. The SMILES string of the molecule is O=CN(Cc1ccccc1)CN1CCC[C@@H](OCc2cc(C(F)(F)F)cc(C(F)(F)F)c2)[C@H]1c1ccccc1. The molecule has 1 fully saturated rings. The van der Waals surface area contributed by atoms with Crippen LogP contribution in [0.5, 0.6) is 0 Å². The number of alkyl halides is 6. The minimum Gasteiger partial charge on any atom is -0.372 e. The Bertz CT molecular complexity index is 1190. The van der Waals surface area contributed by atoms with Crippen LogP contribution in [0, 0.1) is 0 Å². The molecule has 3 aromatic carbocycles. The zero-order valence-electron chi connectivity index (χ0n) is 21.0. The first-order valence-electron chi connectivity index (χ1n) is 12.5. The first-order chi connectivity index (χ1) is 18.5. The van der Waals surface area contributed by atoms with Gasteiger partial charge in [0.05, 0.1) is 36.5 Å². The van der Waals surface area contributed by atoms with Crippen LogP contribution in [0.3, 0.4) is 0 Å². The van der Waals surface area contributed by atoms with Gasteiger partial charge in [-0.1, -0.05) is 60.7 Å². The van der Waals surface area contributed by atoms with E-state index in [9.17, 15) is 31.1 Å². The Morgan fingerprint density at radius 2 is 1.44 bits per heavy atom. The Hall–Kier alpha value is -3.37. The summed E-state index contributed by atoms with van der Waals surface area (Å²) in [6.45, 7) is 0.883. The summed E-state index contributed by atoms with van der Waals surface area (Å²) in [5.74, 6) is 0. The van der Waals surface area contributed by atoms with Gasteiger partial charge in [-0.05, 0) is 47.7 Å². The van der Waals surface area contributed by atoms with Crippen molar-refractivity contribution in [2.75, 3.05) is 13.2 Å². The molecule has 0 radical (unpaired) electrons. The van der Waals surface area contributed by atoms with Crippen LogP contribution >= 0.6 is 0 Å². The summed E-state index contributed by atoms with van der Waals surface area (Å²) < 4.78 is 86.0. The van der Waals surface area contributed by atoms with Crippen molar-refractivity contribution < 1.29 is 35.9 Å². The first-order valence-corrected chi connectivity index (χ1v) is 12.5. The van der Waals surface area contributed by atoms with Crippen molar-refractivity contribution >= 4 is 6.41 Å². The van der Waals surface area contributed by atoms with Crippen molar-refractivity contribution in [1.82, 2.24) is 9.80 Å². The molecule has 3 aromatic rings. The number of rotatable bonds is 9. The summed E-state index contributed by atoms with van der Waals surface area (Å²) >= 11 is 0. The highest BCUT2D eigenvalue weighted by atomic mass is 19.4. The molecule has 208 valence electrons. The van der Waals surface area contributed by atoms with E-state index >= 15 is 0 Å². The van der Waals surface area contributed by atoms with Crippen LogP contribution in [0.1, 0.15) is 46.7 Å². The lowest BCUT2D eigenvalue weighted by molar-refractivity contribution is -0.143. The maximum absolute atomic E-state index is 13.3. The van der Waals surface area contributed by atoms with Crippen LogP contribution in [-0.2, 0) is 35.0 Å². The fraction of sp³-hybridized carbons (Fsp3) is 0.345. The normalized spacial score (nSPS) is 18.6. The number of hydrogen-bond acceptors (Lipinski definition) is 3. The second-order valence-electron chi connectivity index (χ2n) is 9.55. The van der Waals surface area contributed by atoms with E-state index in [4.69, 9.17) is 4.74 Å². The van der Waals surface area contributed by atoms with Crippen LogP contribution in [0.15, 0.2) is 78.9 Å². The van der Waals surface area contributed by atoms with Gasteiger partial charge in [0.15, 0.2) is 0 Å². The van der Waals surface area contributed by atoms with Gasteiger partial charge in [-0.15, -0.1) is 0 Å². The van der Waals surface area contributed by atoms with Crippen molar-refractivity contribution in [3.8, 4) is 0 Å². The molecule has 10 heteroatoms. The lowest BCUT2D eigenvalue weighted by Crippen LogP contribution is -2.47. The van der Waals surface area contributed by atoms with Gasteiger partial charge in [0.2, 0.25) is 6.41 Å². The molecule has 4 rings (SSSR count). The van der Waals surface area contributed by atoms with Gasteiger partial charge in [0, 0.05) is 13.1 Å². The number of amides is 1. The zero-order chi connectivity index (χ0) is 28.0. The highest BCUT2D eigenvalue weighted by Crippen LogP contribution is 2.38. The molecule has 1 aliphatic heterocycles. The molecule has 0 N–H and O–H groups in total. The molecule has 1 heterocycles. The standard InChI is InChI=1S/C29H28F6N2O2/c30-28(31,32)24-14-22(15-25(16-24)29(33,34)35)18-39-26-12-7-13-37(27(26)23-10-5-2-6-11-23)19-36(20-38)17-21-8-3-1-4-9-21/h1-6,8-11,14-16,20,26-27H,7,12-13,17-19H2/t26-,27-/m1/s1. The number of piperidine rings is 1. The maximum Gasteiger partial charge on any atom is 0.416 e. The lowest BCUT2D eigenvalue weighted by atomic mass is 9.92. The topological polar surface area (TPSA) is 32.8 Å². The van der Waals surface area contributed by atoms with Crippen molar-refractivity contribution in [3.05, 3.63) is 107 Å². The van der Waals surface area contributed by atoms with Gasteiger partial charge in [0.1, 0.15) is 0 Å². The summed E-state index contributed by atoms with van der Waals surface area (Å²) in [4.78, 5) is 15.6. The Morgan fingerprint density at radius 3 is 2.00 bits per heavy atom. The molecule has 0 spiro atoms. The van der Waals surface area contributed by atoms with E-state index in [1.807, 2.05) is 60.7 Å². The number of hydrogen-bond donors (Lipinski definition) is 0. The van der Waals surface area contributed by atoms with E-state index in [1.165, 1.54) is 0 Å². The van der Waals surface area contributed by atoms with Gasteiger partial charge in [-0.2, -0.15) is 26.3 Å². The monoisotopic (exact) mass is 550 g/mol. The number of carbonyl (C=O) groups excluding carboxylic acids is 1. The molecular weight excluding hydrogens is 522 g/mol. The summed E-state index contributed by atoms with van der Waals surface area (Å²) in [7, 11) is 0. The second-order valence-corrected chi connectivity index (χ2v) is 9.55. The molecular formula is C29H28F6N2O2. The van der Waals surface area contributed by atoms with E-state index in [2.05, 4.69) is 4.90 Å². The molecule has 0 saturated carbocycles. The number of halogens is 6. The Labute approximate surface area is 222 Å². The summed E-state index contributed by atoms with van der Waals surface area (Å²) in [6.07, 6.45) is -8.37. The number of carbonyl (C=O) groups is 1. The third-order valence-electron chi connectivity index (χ3n) is 6.67. The minimum atomic E-state index is -4.93. The second kappa shape index (κ2) is 12.2. The van der Waals surface area contributed by atoms with Crippen molar-refractivity contribution in [3.63, 3.8) is 0 Å². The number of ether oxygens (including phenoxy) is 1. The van der Waals surface area contributed by atoms with Gasteiger partial charge in [-0.25, -0.2) is 0 Å². The van der Waals surface area contributed by atoms with Gasteiger partial charge in [0.25, 0.3) is 0 Å². The molecule has 1 amide bonds. The van der Waals surface area contributed by atoms with Crippen LogP contribution in [0.2, 0.25) is 0 Å². The average molecular weight is 551 g/mol. The molecule has 4 nitrogen and oxygen atoms in total. The molecule has 1 aliphatic rings. The maximum atomic E-state index is 13.3. The van der Waals surface area contributed by atoms with Crippen molar-refractivity contribution in [2.24, 2.45) is 0 Å². The third kappa shape index (κ3) is 7.60. The van der Waals surface area contributed by atoms with Crippen LogP contribution < -0.4 is 0 Å². The lowest BCUT2D eigenvalue weighted by Gasteiger charge is -2.43. The van der Waals surface area contributed by atoms with Crippen LogP contribution in [0.25, 0.3) is 0 Å². The summed E-state index contributed by atoms with van der Waals surface area (Å²) in [5, 5.41) is 0. The molecule has 1 saturated heterocycles.